The minimum atomic E-state index is 0.235. The molecule has 1 heterocycles. The summed E-state index contributed by atoms with van der Waals surface area (Å²) in [6.45, 7) is 0.778. The summed E-state index contributed by atoms with van der Waals surface area (Å²) >= 11 is 0. The Morgan fingerprint density at radius 2 is 1.83 bits per heavy atom. The van der Waals surface area contributed by atoms with Crippen LogP contribution < -0.4 is 5.73 Å². The lowest BCUT2D eigenvalue weighted by Gasteiger charge is -2.56. The second-order valence-electron chi connectivity index (χ2n) is 6.49. The topological polar surface area (TPSA) is 38.9 Å². The third kappa shape index (κ3) is 1.97. The predicted molar refractivity (Wildman–Crippen MR) is 74.3 cm³/mol. The van der Waals surface area contributed by atoms with Crippen molar-refractivity contribution in [3.05, 3.63) is 30.1 Å². The lowest BCUT2D eigenvalue weighted by atomic mass is 9.48. The molecule has 3 rings (SSSR count). The molecule has 0 saturated heterocycles. The minimum Gasteiger partial charge on any atom is -0.330 e. The summed E-state index contributed by atoms with van der Waals surface area (Å²) in [6, 6.07) is 4.26. The first-order chi connectivity index (χ1) is 8.79. The van der Waals surface area contributed by atoms with E-state index in [9.17, 15) is 0 Å². The van der Waals surface area contributed by atoms with Crippen molar-refractivity contribution in [3.63, 3.8) is 0 Å². The Morgan fingerprint density at radius 3 is 2.39 bits per heavy atom. The molecule has 0 radical (unpaired) electrons. The lowest BCUT2D eigenvalue weighted by Crippen LogP contribution is -2.53. The first-order valence-electron chi connectivity index (χ1n) is 7.39. The molecule has 2 saturated carbocycles. The molecule has 0 aliphatic heterocycles. The molecule has 1 spiro atoms. The van der Waals surface area contributed by atoms with Crippen LogP contribution in [-0.2, 0) is 5.41 Å². The van der Waals surface area contributed by atoms with Crippen molar-refractivity contribution < 1.29 is 0 Å². The van der Waals surface area contributed by atoms with Crippen LogP contribution in [0.5, 0.6) is 0 Å². The van der Waals surface area contributed by atoms with E-state index in [4.69, 9.17) is 5.73 Å². The molecule has 2 heteroatoms. The van der Waals surface area contributed by atoms with Crippen LogP contribution in [0, 0.1) is 5.41 Å². The van der Waals surface area contributed by atoms with Gasteiger partial charge in [-0.05, 0) is 42.7 Å². The maximum Gasteiger partial charge on any atom is 0.0306 e. The van der Waals surface area contributed by atoms with E-state index in [1.165, 1.54) is 56.9 Å². The first-order valence-corrected chi connectivity index (χ1v) is 7.39. The molecule has 1 aromatic rings. The normalized spacial score (nSPS) is 25.4. The molecule has 0 unspecified atom stereocenters. The maximum absolute atomic E-state index is 6.10. The van der Waals surface area contributed by atoms with Gasteiger partial charge in [0.05, 0.1) is 0 Å². The van der Waals surface area contributed by atoms with Crippen molar-refractivity contribution in [3.8, 4) is 0 Å². The van der Waals surface area contributed by atoms with Crippen LogP contribution in [0.25, 0.3) is 0 Å². The smallest absolute Gasteiger partial charge is 0.0306 e. The van der Waals surface area contributed by atoms with Gasteiger partial charge in [0.15, 0.2) is 0 Å². The monoisotopic (exact) mass is 244 g/mol. The summed E-state index contributed by atoms with van der Waals surface area (Å²) in [7, 11) is 0. The third-order valence-electron chi connectivity index (χ3n) is 5.26. The van der Waals surface area contributed by atoms with Gasteiger partial charge in [-0.15, -0.1) is 0 Å². The molecular formula is C16H24N2. The number of hydrogen-bond acceptors (Lipinski definition) is 2. The Kier molecular flexibility index (Phi) is 3.14. The Morgan fingerprint density at radius 1 is 1.11 bits per heavy atom. The van der Waals surface area contributed by atoms with Crippen molar-refractivity contribution in [2.24, 2.45) is 11.1 Å². The van der Waals surface area contributed by atoms with Crippen molar-refractivity contribution >= 4 is 0 Å². The summed E-state index contributed by atoms with van der Waals surface area (Å²) in [4.78, 5) is 4.28. The third-order valence-corrected chi connectivity index (χ3v) is 5.26. The van der Waals surface area contributed by atoms with Gasteiger partial charge in [-0.1, -0.05) is 31.7 Å². The van der Waals surface area contributed by atoms with Crippen molar-refractivity contribution in [1.29, 1.82) is 0 Å². The fraction of sp³-hybridized carbons (Fsp3) is 0.688. The summed E-state index contributed by atoms with van der Waals surface area (Å²) in [5.41, 5.74) is 8.32. The first kappa shape index (κ1) is 12.2. The molecule has 2 aliphatic carbocycles. The molecule has 0 bridgehead atoms. The van der Waals surface area contributed by atoms with Crippen LogP contribution >= 0.6 is 0 Å². The van der Waals surface area contributed by atoms with E-state index in [1.54, 1.807) is 0 Å². The summed E-state index contributed by atoms with van der Waals surface area (Å²) < 4.78 is 0. The van der Waals surface area contributed by atoms with Crippen LogP contribution in [0.4, 0.5) is 0 Å². The molecule has 18 heavy (non-hydrogen) atoms. The van der Waals surface area contributed by atoms with Crippen molar-refractivity contribution in [1.82, 2.24) is 4.98 Å². The Hall–Kier alpha value is -0.890. The van der Waals surface area contributed by atoms with Crippen LogP contribution in [0.2, 0.25) is 0 Å². The summed E-state index contributed by atoms with van der Waals surface area (Å²) in [5, 5.41) is 0. The van der Waals surface area contributed by atoms with Gasteiger partial charge in [-0.25, -0.2) is 0 Å². The zero-order chi connectivity index (χ0) is 12.5. The number of nitrogens with two attached hydrogens (primary N) is 1. The molecule has 0 aromatic carbocycles. The highest BCUT2D eigenvalue weighted by Crippen LogP contribution is 2.60. The highest BCUT2D eigenvalue weighted by Gasteiger charge is 2.53. The standard InChI is InChI=1S/C16H24N2/c17-13-16(14-6-5-9-18-10-14)11-15(12-16)7-3-1-2-4-8-15/h5-6,9-10H,1-4,7-8,11-13,17H2. The van der Waals surface area contributed by atoms with Crippen molar-refractivity contribution in [2.75, 3.05) is 6.54 Å². The van der Waals surface area contributed by atoms with Gasteiger partial charge in [0.25, 0.3) is 0 Å². The zero-order valence-corrected chi connectivity index (χ0v) is 11.2. The molecule has 98 valence electrons. The number of rotatable bonds is 2. The lowest BCUT2D eigenvalue weighted by molar-refractivity contribution is 0.0111. The number of nitrogens with zero attached hydrogens (tertiary/aromatic N) is 1. The number of hydrogen-bond donors (Lipinski definition) is 1. The van der Waals surface area contributed by atoms with E-state index in [2.05, 4.69) is 11.1 Å². The van der Waals surface area contributed by atoms with E-state index in [-0.39, 0.29) is 5.41 Å². The van der Waals surface area contributed by atoms with Crippen LogP contribution in [0.3, 0.4) is 0 Å². The van der Waals surface area contributed by atoms with Gasteiger partial charge in [0, 0.05) is 24.4 Å². The Labute approximate surface area is 110 Å². The highest BCUT2D eigenvalue weighted by atomic mass is 14.7. The second-order valence-corrected chi connectivity index (χ2v) is 6.49. The Bertz CT molecular complexity index is 383. The van der Waals surface area contributed by atoms with Gasteiger partial charge in [0.1, 0.15) is 0 Å². The van der Waals surface area contributed by atoms with E-state index in [0.29, 0.717) is 5.41 Å². The minimum absolute atomic E-state index is 0.235. The molecule has 0 atom stereocenters. The van der Waals surface area contributed by atoms with Gasteiger partial charge >= 0.3 is 0 Å². The summed E-state index contributed by atoms with van der Waals surface area (Å²) in [6.07, 6.45) is 15.0. The van der Waals surface area contributed by atoms with Gasteiger partial charge < -0.3 is 5.73 Å². The largest absolute Gasteiger partial charge is 0.330 e. The predicted octanol–water partition coefficient (Wildman–Crippen LogP) is 3.41. The molecule has 2 fully saturated rings. The van der Waals surface area contributed by atoms with Gasteiger partial charge in [0.2, 0.25) is 0 Å². The molecule has 2 N–H and O–H groups in total. The summed E-state index contributed by atoms with van der Waals surface area (Å²) in [5.74, 6) is 0. The quantitative estimate of drug-likeness (QED) is 0.866. The average Bonchev–Trinajstić information content (AvgIpc) is 2.63. The van der Waals surface area contributed by atoms with Gasteiger partial charge in [-0.3, -0.25) is 4.98 Å². The molecule has 0 amide bonds. The molecule has 1 aromatic heterocycles. The van der Waals surface area contributed by atoms with E-state index in [1.807, 2.05) is 18.5 Å². The van der Waals surface area contributed by atoms with E-state index < -0.39 is 0 Å². The van der Waals surface area contributed by atoms with E-state index in [0.717, 1.165) is 6.54 Å². The average molecular weight is 244 g/mol. The fourth-order valence-corrected chi connectivity index (χ4v) is 4.36. The second kappa shape index (κ2) is 4.65. The maximum atomic E-state index is 6.10. The molecule has 2 aliphatic rings. The van der Waals surface area contributed by atoms with Crippen LogP contribution in [0.1, 0.15) is 56.9 Å². The van der Waals surface area contributed by atoms with Crippen LogP contribution in [0.15, 0.2) is 24.5 Å². The number of aromatic nitrogens is 1. The molecular weight excluding hydrogens is 220 g/mol. The zero-order valence-electron chi connectivity index (χ0n) is 11.2. The van der Waals surface area contributed by atoms with E-state index >= 15 is 0 Å². The number of pyridine rings is 1. The fourth-order valence-electron chi connectivity index (χ4n) is 4.36. The molecule has 2 nitrogen and oxygen atoms in total. The van der Waals surface area contributed by atoms with Gasteiger partial charge in [-0.2, -0.15) is 0 Å². The SMILES string of the molecule is NCC1(c2cccnc2)CC2(CCCCCC2)C1. The van der Waals surface area contributed by atoms with Crippen LogP contribution in [-0.4, -0.2) is 11.5 Å². The van der Waals surface area contributed by atoms with Crippen molar-refractivity contribution in [2.45, 2.75) is 56.8 Å². The highest BCUT2D eigenvalue weighted by molar-refractivity contribution is 5.29. The Balaban J connectivity index is 1.78.